The molecule has 0 unspecified atom stereocenters. The molecule has 0 amide bonds. The lowest BCUT2D eigenvalue weighted by Crippen LogP contribution is -2.43. The van der Waals surface area contributed by atoms with Gasteiger partial charge in [-0.15, -0.1) is 0 Å². The number of hydrogen-bond acceptors (Lipinski definition) is 2. The summed E-state index contributed by atoms with van der Waals surface area (Å²) in [5.41, 5.74) is 6.06. The van der Waals surface area contributed by atoms with Gasteiger partial charge in [-0.3, -0.25) is 4.99 Å². The highest BCUT2D eigenvalue weighted by Crippen LogP contribution is 2.00. The van der Waals surface area contributed by atoms with Crippen molar-refractivity contribution in [2.75, 3.05) is 40.3 Å². The number of nitrogens with zero attached hydrogens (tertiary/aromatic N) is 3. The maximum Gasteiger partial charge on any atom is 0.191 e. The second-order valence-corrected chi connectivity index (χ2v) is 5.74. The highest BCUT2D eigenvalue weighted by atomic mass is 15.3. The molecule has 0 aromatic heterocycles. The minimum Gasteiger partial charge on any atom is -0.370 e. The predicted octanol–water partition coefficient (Wildman–Crippen LogP) is 1.48. The topological polar surface area (TPSA) is 44.9 Å². The Kier molecular flexibility index (Phi) is 7.96. The van der Waals surface area contributed by atoms with E-state index in [1.807, 2.05) is 0 Å². The highest BCUT2D eigenvalue weighted by molar-refractivity contribution is 5.78. The van der Waals surface area contributed by atoms with Crippen LogP contribution in [0.1, 0.15) is 27.7 Å². The van der Waals surface area contributed by atoms with E-state index in [0.29, 0.717) is 17.8 Å². The number of aliphatic imine (C=N–C) groups is 1. The predicted molar refractivity (Wildman–Crippen MR) is 76.3 cm³/mol. The summed E-state index contributed by atoms with van der Waals surface area (Å²) in [5, 5.41) is 0. The SMILES string of the molecule is CC(C)CN=C(N)N(CCN(C)C)CC(C)C. The summed E-state index contributed by atoms with van der Waals surface area (Å²) in [5.74, 6) is 1.85. The Labute approximate surface area is 107 Å². The minimum atomic E-state index is 0.559. The first kappa shape index (κ1) is 16.2. The van der Waals surface area contributed by atoms with E-state index in [-0.39, 0.29) is 0 Å². The van der Waals surface area contributed by atoms with Gasteiger partial charge in [0.05, 0.1) is 0 Å². The molecule has 0 aliphatic carbocycles. The number of likely N-dealkylation sites (N-methyl/N-ethyl adjacent to an activating group) is 1. The Hall–Kier alpha value is -0.770. The summed E-state index contributed by atoms with van der Waals surface area (Å²) in [4.78, 5) is 8.81. The molecular weight excluding hydrogens is 212 g/mol. The molecule has 0 fully saturated rings. The molecule has 0 atom stereocenters. The largest absolute Gasteiger partial charge is 0.370 e. The summed E-state index contributed by atoms with van der Waals surface area (Å²) < 4.78 is 0. The summed E-state index contributed by atoms with van der Waals surface area (Å²) in [6.45, 7) is 12.5. The average molecular weight is 242 g/mol. The van der Waals surface area contributed by atoms with Crippen LogP contribution in [0.15, 0.2) is 4.99 Å². The minimum absolute atomic E-state index is 0.559. The molecule has 0 saturated heterocycles. The van der Waals surface area contributed by atoms with Gasteiger partial charge < -0.3 is 15.5 Å². The second kappa shape index (κ2) is 8.34. The monoisotopic (exact) mass is 242 g/mol. The zero-order chi connectivity index (χ0) is 13.4. The fourth-order valence-electron chi connectivity index (χ4n) is 1.44. The van der Waals surface area contributed by atoms with Crippen LogP contribution in [-0.2, 0) is 0 Å². The average Bonchev–Trinajstić information content (AvgIpc) is 2.19. The van der Waals surface area contributed by atoms with Crippen LogP contribution in [0.3, 0.4) is 0 Å². The third-order valence-corrected chi connectivity index (χ3v) is 2.35. The normalized spacial score (nSPS) is 12.9. The van der Waals surface area contributed by atoms with Gasteiger partial charge in [-0.05, 0) is 25.9 Å². The summed E-state index contributed by atoms with van der Waals surface area (Å²) in [7, 11) is 4.16. The van der Waals surface area contributed by atoms with Crippen molar-refractivity contribution in [1.29, 1.82) is 0 Å². The Morgan fingerprint density at radius 1 is 1.06 bits per heavy atom. The molecule has 0 heterocycles. The molecule has 0 saturated carbocycles. The molecule has 4 heteroatoms. The van der Waals surface area contributed by atoms with Crippen molar-refractivity contribution >= 4 is 5.96 Å². The lowest BCUT2D eigenvalue weighted by atomic mass is 10.2. The van der Waals surface area contributed by atoms with Crippen LogP contribution in [0.2, 0.25) is 0 Å². The zero-order valence-electron chi connectivity index (χ0n) is 12.4. The van der Waals surface area contributed by atoms with Crippen LogP contribution in [0.5, 0.6) is 0 Å². The summed E-state index contributed by atoms with van der Waals surface area (Å²) >= 11 is 0. The van der Waals surface area contributed by atoms with Gasteiger partial charge in [-0.2, -0.15) is 0 Å². The first-order valence-corrected chi connectivity index (χ1v) is 6.52. The van der Waals surface area contributed by atoms with Crippen molar-refractivity contribution in [3.8, 4) is 0 Å². The van der Waals surface area contributed by atoms with E-state index >= 15 is 0 Å². The van der Waals surface area contributed by atoms with Crippen LogP contribution < -0.4 is 5.73 Å². The molecule has 4 nitrogen and oxygen atoms in total. The fourth-order valence-corrected chi connectivity index (χ4v) is 1.44. The molecule has 2 N–H and O–H groups in total. The molecule has 102 valence electrons. The van der Waals surface area contributed by atoms with E-state index in [1.165, 1.54) is 0 Å². The van der Waals surface area contributed by atoms with Crippen molar-refractivity contribution in [3.05, 3.63) is 0 Å². The molecule has 0 aromatic carbocycles. The highest BCUT2D eigenvalue weighted by Gasteiger charge is 2.10. The van der Waals surface area contributed by atoms with E-state index in [2.05, 4.69) is 56.6 Å². The Morgan fingerprint density at radius 2 is 1.65 bits per heavy atom. The number of rotatable bonds is 7. The van der Waals surface area contributed by atoms with Gasteiger partial charge in [0, 0.05) is 26.2 Å². The lowest BCUT2D eigenvalue weighted by Gasteiger charge is -2.27. The van der Waals surface area contributed by atoms with Crippen LogP contribution in [0, 0.1) is 11.8 Å². The van der Waals surface area contributed by atoms with E-state index in [1.54, 1.807) is 0 Å². The third kappa shape index (κ3) is 8.98. The van der Waals surface area contributed by atoms with Crippen molar-refractivity contribution in [3.63, 3.8) is 0 Å². The van der Waals surface area contributed by atoms with Crippen LogP contribution in [-0.4, -0.2) is 56.0 Å². The molecule has 0 aliphatic rings. The van der Waals surface area contributed by atoms with Gasteiger partial charge in [0.2, 0.25) is 0 Å². The van der Waals surface area contributed by atoms with E-state index in [4.69, 9.17) is 5.73 Å². The number of nitrogens with two attached hydrogens (primary N) is 1. The molecule has 17 heavy (non-hydrogen) atoms. The Bertz CT molecular complexity index is 221. The fraction of sp³-hybridized carbons (Fsp3) is 0.923. The zero-order valence-corrected chi connectivity index (χ0v) is 12.4. The standard InChI is InChI=1S/C13H30N4/c1-11(2)9-15-13(14)17(10-12(3)4)8-7-16(5)6/h11-12H,7-10H2,1-6H3,(H2,14,15). The van der Waals surface area contributed by atoms with Crippen LogP contribution >= 0.6 is 0 Å². The number of guanidine groups is 1. The smallest absolute Gasteiger partial charge is 0.191 e. The lowest BCUT2D eigenvalue weighted by molar-refractivity contribution is 0.304. The van der Waals surface area contributed by atoms with Gasteiger partial charge in [-0.25, -0.2) is 0 Å². The van der Waals surface area contributed by atoms with Crippen molar-refractivity contribution in [2.45, 2.75) is 27.7 Å². The van der Waals surface area contributed by atoms with Crippen LogP contribution in [0.4, 0.5) is 0 Å². The van der Waals surface area contributed by atoms with Crippen molar-refractivity contribution < 1.29 is 0 Å². The molecule has 0 radical (unpaired) electrons. The molecule has 0 rings (SSSR count). The first-order chi connectivity index (χ1) is 7.82. The van der Waals surface area contributed by atoms with Gasteiger partial charge in [0.15, 0.2) is 5.96 Å². The molecule has 0 aromatic rings. The Morgan fingerprint density at radius 3 is 2.06 bits per heavy atom. The molecule has 0 aliphatic heterocycles. The third-order valence-electron chi connectivity index (χ3n) is 2.35. The quantitative estimate of drug-likeness (QED) is 0.543. The maximum absolute atomic E-state index is 6.06. The number of hydrogen-bond donors (Lipinski definition) is 1. The van der Waals surface area contributed by atoms with E-state index < -0.39 is 0 Å². The van der Waals surface area contributed by atoms with E-state index in [0.717, 1.165) is 26.2 Å². The molecular formula is C13H30N4. The first-order valence-electron chi connectivity index (χ1n) is 6.52. The maximum atomic E-state index is 6.06. The van der Waals surface area contributed by atoms with Gasteiger partial charge in [0.1, 0.15) is 0 Å². The molecule has 0 spiro atoms. The summed E-state index contributed by atoms with van der Waals surface area (Å²) in [6.07, 6.45) is 0. The van der Waals surface area contributed by atoms with Crippen molar-refractivity contribution in [2.24, 2.45) is 22.6 Å². The molecule has 0 bridgehead atoms. The van der Waals surface area contributed by atoms with Gasteiger partial charge in [0.25, 0.3) is 0 Å². The van der Waals surface area contributed by atoms with E-state index in [9.17, 15) is 0 Å². The van der Waals surface area contributed by atoms with Crippen molar-refractivity contribution in [1.82, 2.24) is 9.80 Å². The second-order valence-electron chi connectivity index (χ2n) is 5.74. The van der Waals surface area contributed by atoms with Gasteiger partial charge >= 0.3 is 0 Å². The van der Waals surface area contributed by atoms with Crippen LogP contribution in [0.25, 0.3) is 0 Å². The Balaban J connectivity index is 4.38. The van der Waals surface area contributed by atoms with Gasteiger partial charge in [-0.1, -0.05) is 27.7 Å². The summed E-state index contributed by atoms with van der Waals surface area (Å²) in [6, 6.07) is 0.